The van der Waals surface area contributed by atoms with Crippen LogP contribution in [-0.2, 0) is 0 Å². The average molecular weight is 316 g/mol. The summed E-state index contributed by atoms with van der Waals surface area (Å²) < 4.78 is 10.4. The van der Waals surface area contributed by atoms with E-state index in [0.29, 0.717) is 22.9 Å². The van der Waals surface area contributed by atoms with Gasteiger partial charge in [0.1, 0.15) is 17.2 Å². The van der Waals surface area contributed by atoms with Crippen LogP contribution >= 0.6 is 0 Å². The zero-order valence-corrected chi connectivity index (χ0v) is 12.6. The smallest absolute Gasteiger partial charge is 0.335 e. The lowest BCUT2D eigenvalue weighted by Gasteiger charge is -2.14. The highest BCUT2D eigenvalue weighted by molar-refractivity contribution is 6.02. The number of nitrogens with one attached hydrogen (secondary N) is 2. The van der Waals surface area contributed by atoms with E-state index in [0.717, 1.165) is 0 Å². The normalized spacial score (nSPS) is 9.83. The van der Waals surface area contributed by atoms with E-state index in [9.17, 15) is 9.59 Å². The number of carbonyl (C=O) groups is 2. The molecule has 7 nitrogen and oxygen atoms in total. The molecule has 0 aliphatic rings. The molecule has 0 aliphatic heterocycles. The third kappa shape index (κ3) is 3.91. The minimum Gasteiger partial charge on any atom is -0.494 e. The van der Waals surface area contributed by atoms with Gasteiger partial charge in [0.05, 0.1) is 19.8 Å². The number of carboxylic acid groups (broad SMARTS) is 1. The maximum atomic E-state index is 12.1. The first-order valence-corrected chi connectivity index (χ1v) is 6.67. The van der Waals surface area contributed by atoms with Gasteiger partial charge < -0.3 is 25.2 Å². The number of para-hydroxylation sites is 1. The predicted octanol–water partition coefficient (Wildman–Crippen LogP) is 3.05. The van der Waals surface area contributed by atoms with Gasteiger partial charge in [-0.25, -0.2) is 9.59 Å². The van der Waals surface area contributed by atoms with Gasteiger partial charge in [0.25, 0.3) is 0 Å². The van der Waals surface area contributed by atoms with E-state index in [-0.39, 0.29) is 5.56 Å². The Bertz CT molecular complexity index is 691. The Morgan fingerprint density at radius 1 is 0.913 bits per heavy atom. The fraction of sp³-hybridized carbons (Fsp3) is 0.125. The Morgan fingerprint density at radius 3 is 1.96 bits per heavy atom. The van der Waals surface area contributed by atoms with Crippen LogP contribution in [0.2, 0.25) is 0 Å². The first-order valence-electron chi connectivity index (χ1n) is 6.67. The molecule has 0 heterocycles. The molecule has 0 radical (unpaired) electrons. The van der Waals surface area contributed by atoms with Crippen molar-refractivity contribution in [2.75, 3.05) is 24.9 Å². The van der Waals surface area contributed by atoms with Crippen LogP contribution in [0.5, 0.6) is 11.5 Å². The highest BCUT2D eigenvalue weighted by Crippen LogP contribution is 2.34. The molecule has 0 bridgehead atoms. The molecule has 0 spiro atoms. The maximum Gasteiger partial charge on any atom is 0.335 e. The quantitative estimate of drug-likeness (QED) is 0.787. The number of aromatic carboxylic acids is 1. The molecular formula is C16H16N2O5. The van der Waals surface area contributed by atoms with Gasteiger partial charge in [0.2, 0.25) is 0 Å². The number of ether oxygens (including phenoxy) is 2. The Hall–Kier alpha value is -3.22. The van der Waals surface area contributed by atoms with Crippen molar-refractivity contribution in [2.45, 2.75) is 0 Å². The van der Waals surface area contributed by atoms with Crippen molar-refractivity contribution in [1.82, 2.24) is 0 Å². The van der Waals surface area contributed by atoms with Crippen molar-refractivity contribution in [3.63, 3.8) is 0 Å². The number of rotatable bonds is 5. The van der Waals surface area contributed by atoms with Crippen molar-refractivity contribution in [2.24, 2.45) is 0 Å². The fourth-order valence-corrected chi connectivity index (χ4v) is 1.95. The van der Waals surface area contributed by atoms with Crippen molar-refractivity contribution in [3.8, 4) is 11.5 Å². The monoisotopic (exact) mass is 316 g/mol. The number of hydrogen-bond acceptors (Lipinski definition) is 4. The molecule has 0 aromatic heterocycles. The van der Waals surface area contributed by atoms with Crippen molar-refractivity contribution in [1.29, 1.82) is 0 Å². The lowest BCUT2D eigenvalue weighted by Crippen LogP contribution is -2.20. The molecule has 2 aromatic rings. The third-order valence-electron chi connectivity index (χ3n) is 3.06. The molecule has 2 rings (SSSR count). The highest BCUT2D eigenvalue weighted by atomic mass is 16.5. The van der Waals surface area contributed by atoms with Crippen molar-refractivity contribution >= 4 is 23.4 Å². The lowest BCUT2D eigenvalue weighted by atomic mass is 10.2. The van der Waals surface area contributed by atoms with Gasteiger partial charge in [0, 0.05) is 5.69 Å². The van der Waals surface area contributed by atoms with Crippen LogP contribution in [-0.4, -0.2) is 31.3 Å². The van der Waals surface area contributed by atoms with Crippen molar-refractivity contribution in [3.05, 3.63) is 48.0 Å². The topological polar surface area (TPSA) is 96.9 Å². The molecular weight excluding hydrogens is 300 g/mol. The summed E-state index contributed by atoms with van der Waals surface area (Å²) in [5.74, 6) is -0.110. The molecule has 0 atom stereocenters. The minimum atomic E-state index is -1.03. The van der Waals surface area contributed by atoms with Gasteiger partial charge in [-0.15, -0.1) is 0 Å². The summed E-state index contributed by atoms with van der Waals surface area (Å²) in [6.45, 7) is 0. The number of hydrogen-bond donors (Lipinski definition) is 3. The molecule has 7 heteroatoms. The predicted molar refractivity (Wildman–Crippen MR) is 85.6 cm³/mol. The number of carbonyl (C=O) groups excluding carboxylic acids is 1. The summed E-state index contributed by atoms with van der Waals surface area (Å²) in [5.41, 5.74) is 1.00. The second kappa shape index (κ2) is 7.17. The van der Waals surface area contributed by atoms with Gasteiger partial charge in [-0.3, -0.25) is 0 Å². The Labute approximate surface area is 132 Å². The minimum absolute atomic E-state index is 0.141. The highest BCUT2D eigenvalue weighted by Gasteiger charge is 2.13. The first kappa shape index (κ1) is 16.2. The van der Waals surface area contributed by atoms with Gasteiger partial charge in [0.15, 0.2) is 0 Å². The Morgan fingerprint density at radius 2 is 1.48 bits per heavy atom. The number of methoxy groups -OCH3 is 2. The summed E-state index contributed by atoms with van der Waals surface area (Å²) in [6, 6.07) is 10.4. The van der Waals surface area contributed by atoms with Crippen LogP contribution in [0.25, 0.3) is 0 Å². The third-order valence-corrected chi connectivity index (χ3v) is 3.06. The van der Waals surface area contributed by atoms with Crippen LogP contribution in [0.3, 0.4) is 0 Å². The summed E-state index contributed by atoms with van der Waals surface area (Å²) >= 11 is 0. The molecule has 0 unspecified atom stereocenters. The fourth-order valence-electron chi connectivity index (χ4n) is 1.95. The second-order valence-corrected chi connectivity index (χ2v) is 4.50. The van der Waals surface area contributed by atoms with Crippen LogP contribution in [0.4, 0.5) is 16.2 Å². The lowest BCUT2D eigenvalue weighted by molar-refractivity contribution is 0.0697. The van der Waals surface area contributed by atoms with E-state index in [1.54, 1.807) is 18.2 Å². The molecule has 0 saturated heterocycles. The van der Waals surface area contributed by atoms with Crippen LogP contribution < -0.4 is 20.1 Å². The molecule has 23 heavy (non-hydrogen) atoms. The molecule has 2 amide bonds. The van der Waals surface area contributed by atoms with E-state index in [1.807, 2.05) is 0 Å². The maximum absolute atomic E-state index is 12.1. The van der Waals surface area contributed by atoms with Crippen LogP contribution in [0.15, 0.2) is 42.5 Å². The first-order chi connectivity index (χ1) is 11.0. The Kier molecular flexibility index (Phi) is 5.03. The number of carboxylic acids is 1. The van der Waals surface area contributed by atoms with Crippen LogP contribution in [0.1, 0.15) is 10.4 Å². The van der Waals surface area contributed by atoms with E-state index in [2.05, 4.69) is 10.6 Å². The zero-order valence-electron chi connectivity index (χ0n) is 12.6. The molecule has 120 valence electrons. The van der Waals surface area contributed by atoms with Gasteiger partial charge in [-0.2, -0.15) is 0 Å². The summed E-state index contributed by atoms with van der Waals surface area (Å²) in [4.78, 5) is 22.9. The molecule has 0 fully saturated rings. The molecule has 0 saturated carbocycles. The summed E-state index contributed by atoms with van der Waals surface area (Å²) in [7, 11) is 2.98. The van der Waals surface area contributed by atoms with E-state index < -0.39 is 12.0 Å². The number of benzene rings is 2. The molecule has 3 N–H and O–H groups in total. The van der Waals surface area contributed by atoms with E-state index in [1.165, 1.54) is 38.5 Å². The summed E-state index contributed by atoms with van der Waals surface area (Å²) in [6.07, 6.45) is 0. The largest absolute Gasteiger partial charge is 0.494 e. The SMILES string of the molecule is COc1cccc(OC)c1NC(=O)Nc1ccc(C(=O)O)cc1. The Balaban J connectivity index is 2.12. The van der Waals surface area contributed by atoms with E-state index >= 15 is 0 Å². The number of urea groups is 1. The molecule has 2 aromatic carbocycles. The van der Waals surface area contributed by atoms with Crippen molar-refractivity contribution < 1.29 is 24.2 Å². The number of amides is 2. The average Bonchev–Trinajstić information content (AvgIpc) is 2.55. The zero-order chi connectivity index (χ0) is 16.8. The second-order valence-electron chi connectivity index (χ2n) is 4.50. The standard InChI is InChI=1S/C16H16N2O5/c1-22-12-4-3-5-13(23-2)14(12)18-16(21)17-11-8-6-10(7-9-11)15(19)20/h3-9H,1-2H3,(H,19,20)(H2,17,18,21). The molecule has 0 aliphatic carbocycles. The van der Waals surface area contributed by atoms with Gasteiger partial charge >= 0.3 is 12.0 Å². The summed E-state index contributed by atoms with van der Waals surface area (Å²) in [5, 5.41) is 14.1. The van der Waals surface area contributed by atoms with E-state index in [4.69, 9.17) is 14.6 Å². The van der Waals surface area contributed by atoms with Crippen LogP contribution in [0, 0.1) is 0 Å². The number of anilines is 2. The van der Waals surface area contributed by atoms with Gasteiger partial charge in [-0.05, 0) is 36.4 Å². The van der Waals surface area contributed by atoms with Gasteiger partial charge in [-0.1, -0.05) is 6.07 Å².